The highest BCUT2D eigenvalue weighted by atomic mass is 35.5. The number of sulfonamides is 1. The molecule has 3 aromatic rings. The van der Waals surface area contributed by atoms with E-state index in [0.717, 1.165) is 10.6 Å². The zero-order chi connectivity index (χ0) is 21.2. The van der Waals surface area contributed by atoms with Crippen LogP contribution >= 0.6 is 34.3 Å². The number of amides is 1. The number of benzene rings is 1. The summed E-state index contributed by atoms with van der Waals surface area (Å²) < 4.78 is 26.9. The SMILES string of the molecule is CCN(CC)S(=O)(=O)c1ccc(Cl)c(NC(=O)c2sc(-c3ccsc3)nc2C)c1. The largest absolute Gasteiger partial charge is 0.320 e. The summed E-state index contributed by atoms with van der Waals surface area (Å²) in [6.07, 6.45) is 0. The summed E-state index contributed by atoms with van der Waals surface area (Å²) in [7, 11) is -3.66. The molecular formula is C19H20ClN3O3S3. The molecule has 0 radical (unpaired) electrons. The van der Waals surface area contributed by atoms with Crippen LogP contribution in [0.25, 0.3) is 10.6 Å². The Bertz CT molecular complexity index is 1120. The second kappa shape index (κ2) is 8.93. The first kappa shape index (κ1) is 21.9. The zero-order valence-corrected chi connectivity index (χ0v) is 19.3. The number of nitrogens with one attached hydrogen (secondary N) is 1. The molecule has 0 aliphatic heterocycles. The molecule has 0 fully saturated rings. The molecule has 0 aliphatic carbocycles. The van der Waals surface area contributed by atoms with Gasteiger partial charge in [-0.15, -0.1) is 11.3 Å². The Labute approximate surface area is 183 Å². The lowest BCUT2D eigenvalue weighted by atomic mass is 10.3. The number of carbonyl (C=O) groups excluding carboxylic acids is 1. The number of hydrogen-bond donors (Lipinski definition) is 1. The lowest BCUT2D eigenvalue weighted by Crippen LogP contribution is -2.30. The van der Waals surface area contributed by atoms with Gasteiger partial charge in [0, 0.05) is 24.0 Å². The summed E-state index contributed by atoms with van der Waals surface area (Å²) in [6, 6.07) is 6.26. The van der Waals surface area contributed by atoms with Gasteiger partial charge in [-0.3, -0.25) is 4.79 Å². The molecule has 0 unspecified atom stereocenters. The van der Waals surface area contributed by atoms with Crippen LogP contribution in [0.5, 0.6) is 0 Å². The summed E-state index contributed by atoms with van der Waals surface area (Å²) in [5.74, 6) is -0.374. The van der Waals surface area contributed by atoms with Crippen molar-refractivity contribution in [3.8, 4) is 10.6 Å². The van der Waals surface area contributed by atoms with E-state index in [1.807, 2.05) is 16.8 Å². The van der Waals surface area contributed by atoms with Crippen molar-refractivity contribution in [2.45, 2.75) is 25.7 Å². The van der Waals surface area contributed by atoms with Gasteiger partial charge in [0.05, 0.1) is 21.3 Å². The Balaban J connectivity index is 1.90. The van der Waals surface area contributed by atoms with Crippen LogP contribution in [0.15, 0.2) is 39.9 Å². The molecule has 0 bridgehead atoms. The number of rotatable bonds is 7. The van der Waals surface area contributed by atoms with Gasteiger partial charge in [-0.05, 0) is 36.6 Å². The fourth-order valence-corrected chi connectivity index (χ4v) is 6.09. The topological polar surface area (TPSA) is 79.4 Å². The number of anilines is 1. The summed E-state index contributed by atoms with van der Waals surface area (Å²) in [5.41, 5.74) is 1.82. The van der Waals surface area contributed by atoms with Gasteiger partial charge < -0.3 is 5.32 Å². The van der Waals surface area contributed by atoms with Crippen LogP contribution in [0.2, 0.25) is 5.02 Å². The Morgan fingerprint density at radius 1 is 1.24 bits per heavy atom. The van der Waals surface area contributed by atoms with Crippen molar-refractivity contribution in [3.63, 3.8) is 0 Å². The molecule has 1 N–H and O–H groups in total. The third-order valence-electron chi connectivity index (χ3n) is 4.30. The van der Waals surface area contributed by atoms with E-state index >= 15 is 0 Å². The summed E-state index contributed by atoms with van der Waals surface area (Å²) in [4.78, 5) is 17.8. The van der Waals surface area contributed by atoms with Crippen molar-refractivity contribution in [3.05, 3.63) is 50.6 Å². The Morgan fingerprint density at radius 2 is 1.97 bits per heavy atom. The van der Waals surface area contributed by atoms with E-state index in [-0.39, 0.29) is 21.5 Å². The van der Waals surface area contributed by atoms with E-state index in [9.17, 15) is 13.2 Å². The molecule has 1 aromatic carbocycles. The molecule has 29 heavy (non-hydrogen) atoms. The number of hydrogen-bond acceptors (Lipinski definition) is 6. The standard InChI is InChI=1S/C19H20ClN3O3S3/c1-4-23(5-2)29(25,26)14-6-7-15(20)16(10-14)22-18(24)17-12(3)21-19(28-17)13-8-9-27-11-13/h6-11H,4-5H2,1-3H3,(H,22,24). The van der Waals surface area contributed by atoms with Crippen molar-refractivity contribution in [1.29, 1.82) is 0 Å². The minimum atomic E-state index is -3.66. The van der Waals surface area contributed by atoms with Crippen LogP contribution in [-0.2, 0) is 10.0 Å². The second-order valence-corrected chi connectivity index (χ2v) is 10.3. The molecule has 2 heterocycles. The van der Waals surface area contributed by atoms with E-state index in [0.29, 0.717) is 23.7 Å². The van der Waals surface area contributed by atoms with Crippen LogP contribution in [0.1, 0.15) is 29.2 Å². The normalized spacial score (nSPS) is 11.8. The number of aryl methyl sites for hydroxylation is 1. The van der Waals surface area contributed by atoms with E-state index in [1.54, 1.807) is 32.1 Å². The van der Waals surface area contributed by atoms with Crippen molar-refractivity contribution in [2.75, 3.05) is 18.4 Å². The molecule has 2 aromatic heterocycles. The average Bonchev–Trinajstić information content (AvgIpc) is 3.33. The maximum atomic E-state index is 12.8. The first-order valence-corrected chi connectivity index (χ1v) is 12.5. The van der Waals surface area contributed by atoms with Crippen LogP contribution in [0.3, 0.4) is 0 Å². The number of carbonyl (C=O) groups is 1. The highest BCUT2D eigenvalue weighted by molar-refractivity contribution is 7.89. The Hall–Kier alpha value is -1.78. The third kappa shape index (κ3) is 4.54. The van der Waals surface area contributed by atoms with Gasteiger partial charge in [-0.25, -0.2) is 13.4 Å². The monoisotopic (exact) mass is 469 g/mol. The first-order valence-electron chi connectivity index (χ1n) is 8.89. The predicted octanol–water partition coefficient (Wildman–Crippen LogP) is 5.12. The third-order valence-corrected chi connectivity index (χ3v) is 8.56. The quantitative estimate of drug-likeness (QED) is 0.521. The predicted molar refractivity (Wildman–Crippen MR) is 120 cm³/mol. The number of thiazole rings is 1. The lowest BCUT2D eigenvalue weighted by molar-refractivity contribution is 0.102. The Morgan fingerprint density at radius 3 is 2.59 bits per heavy atom. The van der Waals surface area contributed by atoms with Gasteiger partial charge in [0.25, 0.3) is 5.91 Å². The van der Waals surface area contributed by atoms with Crippen molar-refractivity contribution in [1.82, 2.24) is 9.29 Å². The van der Waals surface area contributed by atoms with Gasteiger partial charge in [0.1, 0.15) is 9.88 Å². The number of thiophene rings is 1. The fraction of sp³-hybridized carbons (Fsp3) is 0.263. The van der Waals surface area contributed by atoms with E-state index in [2.05, 4.69) is 10.3 Å². The van der Waals surface area contributed by atoms with Gasteiger partial charge >= 0.3 is 0 Å². The fourth-order valence-electron chi connectivity index (χ4n) is 2.77. The maximum Gasteiger partial charge on any atom is 0.267 e. The molecule has 6 nitrogen and oxygen atoms in total. The highest BCUT2D eigenvalue weighted by Crippen LogP contribution is 2.31. The average molecular weight is 470 g/mol. The van der Waals surface area contributed by atoms with Crippen LogP contribution < -0.4 is 5.32 Å². The van der Waals surface area contributed by atoms with E-state index in [1.165, 1.54) is 33.8 Å². The molecule has 0 atom stereocenters. The van der Waals surface area contributed by atoms with E-state index in [4.69, 9.17) is 11.6 Å². The molecule has 0 saturated heterocycles. The van der Waals surface area contributed by atoms with Gasteiger partial charge in [0.15, 0.2) is 0 Å². The zero-order valence-electron chi connectivity index (χ0n) is 16.1. The molecule has 10 heteroatoms. The van der Waals surface area contributed by atoms with Crippen LogP contribution in [0.4, 0.5) is 5.69 Å². The maximum absolute atomic E-state index is 12.8. The molecule has 1 amide bonds. The molecule has 3 rings (SSSR count). The minimum Gasteiger partial charge on any atom is -0.320 e. The second-order valence-electron chi connectivity index (χ2n) is 6.13. The van der Waals surface area contributed by atoms with Gasteiger partial charge in [-0.1, -0.05) is 25.4 Å². The van der Waals surface area contributed by atoms with E-state index < -0.39 is 10.0 Å². The molecule has 0 spiro atoms. The molecule has 0 saturated carbocycles. The highest BCUT2D eigenvalue weighted by Gasteiger charge is 2.23. The molecule has 0 aliphatic rings. The number of nitrogens with zero attached hydrogens (tertiary/aromatic N) is 2. The van der Waals surface area contributed by atoms with Gasteiger partial charge in [0.2, 0.25) is 10.0 Å². The lowest BCUT2D eigenvalue weighted by Gasteiger charge is -2.19. The van der Waals surface area contributed by atoms with Crippen molar-refractivity contribution >= 4 is 55.9 Å². The van der Waals surface area contributed by atoms with Crippen molar-refractivity contribution < 1.29 is 13.2 Å². The smallest absolute Gasteiger partial charge is 0.267 e. The molecule has 154 valence electrons. The van der Waals surface area contributed by atoms with Crippen molar-refractivity contribution in [2.24, 2.45) is 0 Å². The summed E-state index contributed by atoms with van der Waals surface area (Å²) in [5, 5.41) is 7.68. The van der Waals surface area contributed by atoms with Gasteiger partial charge in [-0.2, -0.15) is 15.6 Å². The van der Waals surface area contributed by atoms with Crippen LogP contribution in [0, 0.1) is 6.92 Å². The Kier molecular flexibility index (Phi) is 6.75. The number of halogens is 1. The van der Waals surface area contributed by atoms with Crippen LogP contribution in [-0.4, -0.2) is 36.7 Å². The summed E-state index contributed by atoms with van der Waals surface area (Å²) >= 11 is 9.06. The molecular weight excluding hydrogens is 450 g/mol. The summed E-state index contributed by atoms with van der Waals surface area (Å²) in [6.45, 7) is 6.03. The number of aromatic nitrogens is 1. The minimum absolute atomic E-state index is 0.0842. The first-order chi connectivity index (χ1) is 13.8.